The number of nitrogens with one attached hydrogen (secondary N) is 2. The molecule has 1 fully saturated rings. The van der Waals surface area contributed by atoms with Crippen LogP contribution in [-0.4, -0.2) is 42.9 Å². The van der Waals surface area contributed by atoms with E-state index in [0.29, 0.717) is 25.2 Å². The molecule has 2 heterocycles. The molecule has 1 saturated carbocycles. The van der Waals surface area contributed by atoms with Crippen molar-refractivity contribution in [2.45, 2.75) is 51.3 Å². The lowest BCUT2D eigenvalue weighted by atomic mass is 10.1. The number of amides is 1. The molecular weight excluding hydrogens is 366 g/mol. The molecule has 0 saturated heterocycles. The highest BCUT2D eigenvalue weighted by Crippen LogP contribution is 2.29. The third-order valence-corrected chi connectivity index (χ3v) is 5.54. The summed E-state index contributed by atoms with van der Waals surface area (Å²) in [6, 6.07) is 11.8. The third kappa shape index (κ3) is 4.74. The molecule has 0 bridgehead atoms. The minimum Gasteiger partial charge on any atom is -0.391 e. The molecular formula is C22H27N5O2. The highest BCUT2D eigenvalue weighted by atomic mass is 16.3. The van der Waals surface area contributed by atoms with Gasteiger partial charge in [0.1, 0.15) is 5.82 Å². The lowest BCUT2D eigenvalue weighted by Crippen LogP contribution is -2.40. The molecule has 0 radical (unpaired) electrons. The molecule has 1 aliphatic carbocycles. The molecule has 0 spiro atoms. The van der Waals surface area contributed by atoms with Crippen LogP contribution in [0.3, 0.4) is 0 Å². The van der Waals surface area contributed by atoms with Gasteiger partial charge in [-0.05, 0) is 31.7 Å². The van der Waals surface area contributed by atoms with Gasteiger partial charge in [-0.15, -0.1) is 0 Å². The second-order valence-corrected chi connectivity index (χ2v) is 7.89. The zero-order chi connectivity index (χ0) is 20.2. The largest absolute Gasteiger partial charge is 0.391 e. The lowest BCUT2D eigenvalue weighted by molar-refractivity contribution is -0.122. The molecule has 2 aromatic heterocycles. The second-order valence-electron chi connectivity index (χ2n) is 7.89. The molecule has 1 unspecified atom stereocenters. The molecule has 29 heavy (non-hydrogen) atoms. The maximum absolute atomic E-state index is 12.3. The summed E-state index contributed by atoms with van der Waals surface area (Å²) < 4.78 is 2.14. The normalized spacial score (nSPS) is 21.4. The van der Waals surface area contributed by atoms with Crippen LogP contribution in [0.4, 0.5) is 0 Å². The maximum Gasteiger partial charge on any atom is 0.220 e. The summed E-state index contributed by atoms with van der Waals surface area (Å²) in [4.78, 5) is 16.8. The third-order valence-electron chi connectivity index (χ3n) is 5.54. The van der Waals surface area contributed by atoms with Crippen molar-refractivity contribution in [2.24, 2.45) is 5.92 Å². The summed E-state index contributed by atoms with van der Waals surface area (Å²) in [5.41, 5.74) is 2.95. The van der Waals surface area contributed by atoms with Crippen LogP contribution < -0.4 is 5.32 Å². The first-order valence-electron chi connectivity index (χ1n) is 10.1. The van der Waals surface area contributed by atoms with E-state index in [9.17, 15) is 9.90 Å². The zero-order valence-corrected chi connectivity index (χ0v) is 16.6. The number of H-pyrrole nitrogens is 1. The molecule has 1 aromatic carbocycles. The van der Waals surface area contributed by atoms with Gasteiger partial charge in [-0.3, -0.25) is 9.89 Å². The van der Waals surface area contributed by atoms with Gasteiger partial charge < -0.3 is 15.0 Å². The highest BCUT2D eigenvalue weighted by Gasteiger charge is 2.34. The van der Waals surface area contributed by atoms with Gasteiger partial charge >= 0.3 is 0 Å². The summed E-state index contributed by atoms with van der Waals surface area (Å²) in [6.07, 6.45) is 5.68. The molecule has 4 rings (SSSR count). The number of aromatic nitrogens is 4. The Balaban J connectivity index is 1.31. The topological polar surface area (TPSA) is 95.8 Å². The lowest BCUT2D eigenvalue weighted by Gasteiger charge is -2.16. The number of aliphatic hydroxyl groups excluding tert-OH is 1. The fourth-order valence-corrected chi connectivity index (χ4v) is 4.13. The first kappa shape index (κ1) is 19.4. The summed E-state index contributed by atoms with van der Waals surface area (Å²) in [7, 11) is 0. The van der Waals surface area contributed by atoms with Crippen molar-refractivity contribution in [1.82, 2.24) is 25.1 Å². The van der Waals surface area contributed by atoms with Crippen LogP contribution in [-0.2, 0) is 17.8 Å². The van der Waals surface area contributed by atoms with E-state index in [2.05, 4.69) is 25.1 Å². The number of imidazole rings is 1. The maximum atomic E-state index is 12.3. The standard InChI is InChI=1S/C22H27N5O2/c1-15-11-18(26-25-15)7-8-21(29)24-19-12-16(13-20(19)28)14-27-10-9-23-22(27)17-5-3-2-4-6-17/h2-6,9-11,16,19-20,28H,7-8,12-14H2,1H3,(H,24,29)(H,25,26)/t16?,19-,20-/m1/s1. The SMILES string of the molecule is Cc1cc(CCC(=O)N[C@@H]2CC(Cn3ccnc3-c3ccccc3)C[C@H]2O)n[nH]1. The smallest absolute Gasteiger partial charge is 0.220 e. The van der Waals surface area contributed by atoms with Crippen LogP contribution in [0.5, 0.6) is 0 Å². The molecule has 152 valence electrons. The van der Waals surface area contributed by atoms with Crippen LogP contribution >= 0.6 is 0 Å². The number of carbonyl (C=O) groups is 1. The molecule has 0 aliphatic heterocycles. The number of hydrogen-bond acceptors (Lipinski definition) is 4. The Hall–Kier alpha value is -2.93. The monoisotopic (exact) mass is 393 g/mol. The molecule has 7 heteroatoms. The number of aromatic amines is 1. The van der Waals surface area contributed by atoms with E-state index in [0.717, 1.165) is 35.7 Å². The van der Waals surface area contributed by atoms with Gasteiger partial charge in [-0.25, -0.2) is 4.98 Å². The Morgan fingerprint density at radius 2 is 2.14 bits per heavy atom. The number of rotatable bonds is 7. The molecule has 7 nitrogen and oxygen atoms in total. The molecule has 1 amide bonds. The predicted octanol–water partition coefficient (Wildman–Crippen LogP) is 2.47. The van der Waals surface area contributed by atoms with Crippen LogP contribution in [0, 0.1) is 12.8 Å². The Morgan fingerprint density at radius 1 is 1.31 bits per heavy atom. The molecule has 3 aromatic rings. The van der Waals surface area contributed by atoms with E-state index < -0.39 is 6.10 Å². The minimum atomic E-state index is -0.514. The van der Waals surface area contributed by atoms with Crippen LogP contribution in [0.1, 0.15) is 30.7 Å². The van der Waals surface area contributed by atoms with Gasteiger partial charge in [0.25, 0.3) is 0 Å². The van der Waals surface area contributed by atoms with Crippen LogP contribution in [0.25, 0.3) is 11.4 Å². The first-order valence-corrected chi connectivity index (χ1v) is 10.1. The van der Waals surface area contributed by atoms with Gasteiger partial charge in [0.15, 0.2) is 0 Å². The van der Waals surface area contributed by atoms with Gasteiger partial charge in [0.2, 0.25) is 5.91 Å². The average Bonchev–Trinajstić information content (AvgIpc) is 3.42. The van der Waals surface area contributed by atoms with E-state index in [1.165, 1.54) is 0 Å². The van der Waals surface area contributed by atoms with E-state index in [1.807, 2.05) is 55.7 Å². The Labute approximate surface area is 170 Å². The zero-order valence-electron chi connectivity index (χ0n) is 16.6. The van der Waals surface area contributed by atoms with Gasteiger partial charge in [0, 0.05) is 43.0 Å². The van der Waals surface area contributed by atoms with Crippen molar-refractivity contribution in [3.05, 3.63) is 60.2 Å². The highest BCUT2D eigenvalue weighted by molar-refractivity contribution is 5.76. The Kier molecular flexibility index (Phi) is 5.76. The number of nitrogens with zero attached hydrogens (tertiary/aromatic N) is 3. The van der Waals surface area contributed by atoms with Crippen molar-refractivity contribution >= 4 is 5.91 Å². The number of hydrogen-bond donors (Lipinski definition) is 3. The van der Waals surface area contributed by atoms with E-state index in [-0.39, 0.29) is 11.9 Å². The van der Waals surface area contributed by atoms with Crippen molar-refractivity contribution in [2.75, 3.05) is 0 Å². The van der Waals surface area contributed by atoms with Crippen molar-refractivity contribution < 1.29 is 9.90 Å². The number of carbonyl (C=O) groups excluding carboxylic acids is 1. The van der Waals surface area contributed by atoms with E-state index in [4.69, 9.17) is 0 Å². The fourth-order valence-electron chi connectivity index (χ4n) is 4.13. The average molecular weight is 393 g/mol. The van der Waals surface area contributed by atoms with E-state index >= 15 is 0 Å². The second kappa shape index (κ2) is 8.61. The summed E-state index contributed by atoms with van der Waals surface area (Å²) in [6.45, 7) is 2.72. The Morgan fingerprint density at radius 3 is 2.90 bits per heavy atom. The summed E-state index contributed by atoms with van der Waals surface area (Å²) >= 11 is 0. The number of aliphatic hydroxyl groups is 1. The van der Waals surface area contributed by atoms with Gasteiger partial charge in [0.05, 0.1) is 17.8 Å². The predicted molar refractivity (Wildman–Crippen MR) is 110 cm³/mol. The molecule has 3 N–H and O–H groups in total. The van der Waals surface area contributed by atoms with Crippen molar-refractivity contribution in [3.63, 3.8) is 0 Å². The van der Waals surface area contributed by atoms with Crippen LogP contribution in [0.15, 0.2) is 48.8 Å². The molecule has 3 atom stereocenters. The Bertz CT molecular complexity index is 949. The van der Waals surface area contributed by atoms with Crippen LogP contribution in [0.2, 0.25) is 0 Å². The van der Waals surface area contributed by atoms with Gasteiger partial charge in [-0.1, -0.05) is 30.3 Å². The fraction of sp³-hybridized carbons (Fsp3) is 0.409. The van der Waals surface area contributed by atoms with E-state index in [1.54, 1.807) is 0 Å². The number of benzene rings is 1. The first-order chi connectivity index (χ1) is 14.1. The quantitative estimate of drug-likeness (QED) is 0.575. The number of aryl methyl sites for hydroxylation is 2. The summed E-state index contributed by atoms with van der Waals surface area (Å²) in [5, 5.41) is 20.5. The summed E-state index contributed by atoms with van der Waals surface area (Å²) in [5.74, 6) is 1.19. The minimum absolute atomic E-state index is 0.0389. The van der Waals surface area contributed by atoms with Crippen molar-refractivity contribution in [3.8, 4) is 11.4 Å². The van der Waals surface area contributed by atoms with Crippen molar-refractivity contribution in [1.29, 1.82) is 0 Å². The molecule has 1 aliphatic rings. The van der Waals surface area contributed by atoms with Gasteiger partial charge in [-0.2, -0.15) is 5.10 Å².